The third-order valence-corrected chi connectivity index (χ3v) is 4.71. The van der Waals surface area contributed by atoms with E-state index in [-0.39, 0.29) is 17.7 Å². The number of hydrogen-bond acceptors (Lipinski definition) is 4. The van der Waals surface area contributed by atoms with Gasteiger partial charge >= 0.3 is 0 Å². The van der Waals surface area contributed by atoms with Crippen LogP contribution in [0.15, 0.2) is 24.3 Å². The molecule has 6 heteroatoms. The molecule has 2 amide bonds. The fourth-order valence-corrected chi connectivity index (χ4v) is 2.51. The standard InChI is InChI=1S/C18H27N3O3/c1-12(2)18(3,11-19)21-16(22)13-6-4-7-14(10-13)20-17(23)15-8-5-9-24-15/h4,6-7,10,12,15H,5,8-9,11,19H2,1-3H3,(H,20,23)(H,21,22). The van der Waals surface area contributed by atoms with Gasteiger partial charge in [-0.05, 0) is 43.9 Å². The normalized spacial score (nSPS) is 19.8. The summed E-state index contributed by atoms with van der Waals surface area (Å²) < 4.78 is 5.37. The third kappa shape index (κ3) is 4.33. The lowest BCUT2D eigenvalue weighted by molar-refractivity contribution is -0.124. The lowest BCUT2D eigenvalue weighted by Crippen LogP contribution is -2.55. The summed E-state index contributed by atoms with van der Waals surface area (Å²) in [6, 6.07) is 6.89. The molecule has 0 bridgehead atoms. The molecule has 4 N–H and O–H groups in total. The molecule has 6 nitrogen and oxygen atoms in total. The van der Waals surface area contributed by atoms with E-state index in [1.165, 1.54) is 0 Å². The van der Waals surface area contributed by atoms with E-state index >= 15 is 0 Å². The number of amides is 2. The van der Waals surface area contributed by atoms with Crippen molar-refractivity contribution < 1.29 is 14.3 Å². The predicted octanol–water partition coefficient (Wildman–Crippen LogP) is 1.91. The highest BCUT2D eigenvalue weighted by Crippen LogP contribution is 2.18. The Kier molecular flexibility index (Phi) is 5.96. The number of anilines is 1. The third-order valence-electron chi connectivity index (χ3n) is 4.71. The summed E-state index contributed by atoms with van der Waals surface area (Å²) in [4.78, 5) is 24.6. The second-order valence-corrected chi connectivity index (χ2v) is 6.80. The van der Waals surface area contributed by atoms with Gasteiger partial charge in [0.2, 0.25) is 0 Å². The summed E-state index contributed by atoms with van der Waals surface area (Å²) in [7, 11) is 0. The van der Waals surface area contributed by atoms with Gasteiger partial charge in [-0.2, -0.15) is 0 Å². The number of ether oxygens (including phenoxy) is 1. The van der Waals surface area contributed by atoms with E-state index in [0.717, 1.165) is 12.8 Å². The van der Waals surface area contributed by atoms with E-state index in [2.05, 4.69) is 10.6 Å². The van der Waals surface area contributed by atoms with Gasteiger partial charge in [0.05, 0.1) is 5.54 Å². The maximum absolute atomic E-state index is 12.5. The van der Waals surface area contributed by atoms with Gasteiger partial charge in [0.15, 0.2) is 0 Å². The van der Waals surface area contributed by atoms with Crippen LogP contribution in [0.2, 0.25) is 0 Å². The zero-order valence-electron chi connectivity index (χ0n) is 14.6. The summed E-state index contributed by atoms with van der Waals surface area (Å²) in [5, 5.41) is 5.80. The highest BCUT2D eigenvalue weighted by molar-refractivity contribution is 5.98. The van der Waals surface area contributed by atoms with E-state index in [4.69, 9.17) is 10.5 Å². The van der Waals surface area contributed by atoms with Crippen LogP contribution in [0.1, 0.15) is 44.0 Å². The molecule has 0 aromatic heterocycles. The average molecular weight is 333 g/mol. The smallest absolute Gasteiger partial charge is 0.253 e. The van der Waals surface area contributed by atoms with Gasteiger partial charge < -0.3 is 21.1 Å². The van der Waals surface area contributed by atoms with Crippen LogP contribution >= 0.6 is 0 Å². The summed E-state index contributed by atoms with van der Waals surface area (Å²) in [5.74, 6) is -0.169. The van der Waals surface area contributed by atoms with Crippen LogP contribution in [0, 0.1) is 5.92 Å². The molecule has 2 atom stereocenters. The van der Waals surface area contributed by atoms with Crippen LogP contribution in [0.4, 0.5) is 5.69 Å². The van der Waals surface area contributed by atoms with E-state index in [9.17, 15) is 9.59 Å². The number of carbonyl (C=O) groups is 2. The molecule has 132 valence electrons. The number of carbonyl (C=O) groups excluding carboxylic acids is 2. The van der Waals surface area contributed by atoms with Gasteiger partial charge in [-0.3, -0.25) is 9.59 Å². The van der Waals surface area contributed by atoms with Gasteiger partial charge in [0, 0.05) is 24.4 Å². The van der Waals surface area contributed by atoms with Crippen molar-refractivity contribution in [1.29, 1.82) is 0 Å². The van der Waals surface area contributed by atoms with Gasteiger partial charge in [0.1, 0.15) is 6.10 Å². The number of nitrogens with one attached hydrogen (secondary N) is 2. The first-order valence-corrected chi connectivity index (χ1v) is 8.41. The fourth-order valence-electron chi connectivity index (χ4n) is 2.51. The Balaban J connectivity index is 2.06. The summed E-state index contributed by atoms with van der Waals surface area (Å²) in [6.07, 6.45) is 1.23. The Labute approximate surface area is 143 Å². The second-order valence-electron chi connectivity index (χ2n) is 6.80. The Morgan fingerprint density at radius 2 is 2.17 bits per heavy atom. The molecule has 1 aromatic carbocycles. The Morgan fingerprint density at radius 3 is 2.75 bits per heavy atom. The van der Waals surface area contributed by atoms with Gasteiger partial charge in [-0.25, -0.2) is 0 Å². The number of hydrogen-bond donors (Lipinski definition) is 3. The largest absolute Gasteiger partial charge is 0.368 e. The fraction of sp³-hybridized carbons (Fsp3) is 0.556. The zero-order chi connectivity index (χ0) is 17.7. The minimum Gasteiger partial charge on any atom is -0.368 e. The molecule has 1 aliphatic rings. The van der Waals surface area contributed by atoms with Crippen LogP contribution in [-0.2, 0) is 9.53 Å². The molecule has 2 rings (SSSR count). The van der Waals surface area contributed by atoms with Gasteiger partial charge in [0.25, 0.3) is 11.8 Å². The number of benzene rings is 1. The van der Waals surface area contributed by atoms with Crippen molar-refractivity contribution in [2.24, 2.45) is 11.7 Å². The predicted molar refractivity (Wildman–Crippen MR) is 93.8 cm³/mol. The van der Waals surface area contributed by atoms with Crippen molar-refractivity contribution in [3.63, 3.8) is 0 Å². The zero-order valence-corrected chi connectivity index (χ0v) is 14.6. The van der Waals surface area contributed by atoms with E-state index in [1.54, 1.807) is 24.3 Å². The molecule has 0 saturated carbocycles. The maximum atomic E-state index is 12.5. The quantitative estimate of drug-likeness (QED) is 0.741. The molecule has 2 unspecified atom stereocenters. The molecule has 0 aliphatic carbocycles. The first kappa shape index (κ1) is 18.4. The first-order valence-electron chi connectivity index (χ1n) is 8.41. The Morgan fingerprint density at radius 1 is 1.42 bits per heavy atom. The lowest BCUT2D eigenvalue weighted by atomic mass is 9.88. The Bertz CT molecular complexity index is 597. The van der Waals surface area contributed by atoms with Crippen LogP contribution in [0.5, 0.6) is 0 Å². The molecule has 24 heavy (non-hydrogen) atoms. The molecule has 1 aromatic rings. The van der Waals surface area contributed by atoms with Gasteiger partial charge in [-0.1, -0.05) is 19.9 Å². The highest BCUT2D eigenvalue weighted by atomic mass is 16.5. The average Bonchev–Trinajstić information content (AvgIpc) is 3.09. The molecule has 1 saturated heterocycles. The number of nitrogens with two attached hydrogens (primary N) is 1. The molecule has 0 radical (unpaired) electrons. The molecule has 1 heterocycles. The molecular weight excluding hydrogens is 306 g/mol. The monoisotopic (exact) mass is 333 g/mol. The second kappa shape index (κ2) is 7.77. The van der Waals surface area contributed by atoms with E-state index in [0.29, 0.717) is 24.4 Å². The van der Waals surface area contributed by atoms with E-state index in [1.807, 2.05) is 20.8 Å². The van der Waals surface area contributed by atoms with Crippen LogP contribution < -0.4 is 16.4 Å². The SMILES string of the molecule is CC(C)C(C)(CN)NC(=O)c1cccc(NC(=O)C2CCCO2)c1. The van der Waals surface area contributed by atoms with Crippen molar-refractivity contribution >= 4 is 17.5 Å². The minimum atomic E-state index is -0.478. The van der Waals surface area contributed by atoms with Crippen molar-refractivity contribution in [1.82, 2.24) is 5.32 Å². The van der Waals surface area contributed by atoms with Crippen molar-refractivity contribution in [3.05, 3.63) is 29.8 Å². The first-order chi connectivity index (χ1) is 11.4. The summed E-state index contributed by atoms with van der Waals surface area (Å²) in [5.41, 5.74) is 6.41. The van der Waals surface area contributed by atoms with Crippen LogP contribution in [-0.4, -0.2) is 36.6 Å². The van der Waals surface area contributed by atoms with E-state index < -0.39 is 11.6 Å². The van der Waals surface area contributed by atoms with Crippen LogP contribution in [0.25, 0.3) is 0 Å². The highest BCUT2D eigenvalue weighted by Gasteiger charge is 2.29. The maximum Gasteiger partial charge on any atom is 0.253 e. The van der Waals surface area contributed by atoms with Crippen LogP contribution in [0.3, 0.4) is 0 Å². The topological polar surface area (TPSA) is 93.5 Å². The Hall–Kier alpha value is -1.92. The van der Waals surface area contributed by atoms with Crippen molar-refractivity contribution in [3.8, 4) is 0 Å². The van der Waals surface area contributed by atoms with Crippen molar-refractivity contribution in [2.45, 2.75) is 45.3 Å². The molecule has 1 fully saturated rings. The lowest BCUT2D eigenvalue weighted by Gasteiger charge is -2.33. The van der Waals surface area contributed by atoms with Crippen molar-refractivity contribution in [2.75, 3.05) is 18.5 Å². The van der Waals surface area contributed by atoms with Gasteiger partial charge in [-0.15, -0.1) is 0 Å². The summed E-state index contributed by atoms with van der Waals surface area (Å²) in [6.45, 7) is 6.94. The molecule has 0 spiro atoms. The minimum absolute atomic E-state index is 0.168. The molecular formula is C18H27N3O3. The number of rotatable bonds is 6. The molecule has 1 aliphatic heterocycles. The summed E-state index contributed by atoms with van der Waals surface area (Å²) >= 11 is 0.